The molecule has 4 rings (SSSR count). The second-order valence-corrected chi connectivity index (χ2v) is 8.34. The van der Waals surface area contributed by atoms with Crippen molar-refractivity contribution in [2.75, 3.05) is 13.1 Å². The van der Waals surface area contributed by atoms with Crippen molar-refractivity contribution in [1.29, 1.82) is 0 Å². The molecule has 2 N–H and O–H groups in total. The van der Waals surface area contributed by atoms with Crippen molar-refractivity contribution in [1.82, 2.24) is 14.6 Å². The van der Waals surface area contributed by atoms with Crippen molar-refractivity contribution >= 4 is 16.3 Å². The number of fused-ring (bicyclic) bond motifs is 1. The van der Waals surface area contributed by atoms with Crippen molar-refractivity contribution in [3.8, 4) is 5.88 Å². The lowest BCUT2D eigenvalue weighted by molar-refractivity contribution is -0.937. The Kier molecular flexibility index (Phi) is 4.29. The molecule has 0 aromatic carbocycles. The van der Waals surface area contributed by atoms with Gasteiger partial charge < -0.3 is 14.4 Å². The minimum Gasteiger partial charge on any atom is -0.492 e. The molecule has 0 saturated carbocycles. The molecule has 7 heteroatoms. The monoisotopic (exact) mass is 361 g/mol. The Hall–Kier alpha value is -1.86. The standard InChI is InChI=1S/C18H24N4O2S/c1-4-14-19-18-22(20-14)17(23)16(25-18)15(13-6-5-7-24-13)21-9-11(2)8-12(3)10-21/h5-7,11-12,15,23H,4,8-10H2,1-3H3/p+1/t11-,12-,15+/m0/s1. The lowest BCUT2D eigenvalue weighted by Crippen LogP contribution is -3.14. The molecule has 0 radical (unpaired) electrons. The Morgan fingerprint density at radius 2 is 2.16 bits per heavy atom. The summed E-state index contributed by atoms with van der Waals surface area (Å²) >= 11 is 1.52. The lowest BCUT2D eigenvalue weighted by atomic mass is 9.90. The van der Waals surface area contributed by atoms with Gasteiger partial charge in [0.05, 0.1) is 19.4 Å². The van der Waals surface area contributed by atoms with Gasteiger partial charge in [-0.2, -0.15) is 4.52 Å². The van der Waals surface area contributed by atoms with Crippen LogP contribution < -0.4 is 4.90 Å². The number of hydrogen-bond donors (Lipinski definition) is 2. The zero-order valence-corrected chi connectivity index (χ0v) is 15.7. The molecule has 1 aliphatic rings. The molecular weight excluding hydrogens is 336 g/mol. The number of aromatic hydroxyl groups is 1. The van der Waals surface area contributed by atoms with Crippen LogP contribution in [0.3, 0.4) is 0 Å². The highest BCUT2D eigenvalue weighted by Gasteiger charge is 2.38. The number of rotatable bonds is 4. The van der Waals surface area contributed by atoms with Crippen molar-refractivity contribution in [3.63, 3.8) is 0 Å². The molecule has 6 nitrogen and oxygen atoms in total. The molecule has 0 amide bonds. The molecule has 0 spiro atoms. The Morgan fingerprint density at radius 3 is 2.76 bits per heavy atom. The van der Waals surface area contributed by atoms with E-state index in [9.17, 15) is 5.11 Å². The van der Waals surface area contributed by atoms with Crippen molar-refractivity contribution in [2.24, 2.45) is 11.8 Å². The maximum atomic E-state index is 10.8. The molecule has 1 saturated heterocycles. The number of furan rings is 1. The normalized spacial score (nSPS) is 25.5. The maximum absolute atomic E-state index is 10.8. The van der Waals surface area contributed by atoms with Gasteiger partial charge in [0, 0.05) is 18.3 Å². The van der Waals surface area contributed by atoms with Gasteiger partial charge >= 0.3 is 0 Å². The molecule has 3 aromatic rings. The van der Waals surface area contributed by atoms with Crippen LogP contribution in [0.2, 0.25) is 0 Å². The summed E-state index contributed by atoms with van der Waals surface area (Å²) in [6.07, 6.45) is 3.73. The van der Waals surface area contributed by atoms with Gasteiger partial charge in [0.1, 0.15) is 4.88 Å². The Labute approximate surface area is 151 Å². The van der Waals surface area contributed by atoms with Gasteiger partial charge in [0.2, 0.25) is 10.8 Å². The predicted molar refractivity (Wildman–Crippen MR) is 96.1 cm³/mol. The van der Waals surface area contributed by atoms with E-state index in [0.29, 0.717) is 11.8 Å². The average Bonchev–Trinajstić information content (AvgIpc) is 3.27. The maximum Gasteiger partial charge on any atom is 0.235 e. The highest BCUT2D eigenvalue weighted by molar-refractivity contribution is 7.17. The largest absolute Gasteiger partial charge is 0.492 e. The highest BCUT2D eigenvalue weighted by Crippen LogP contribution is 2.35. The van der Waals surface area contributed by atoms with Crippen molar-refractivity contribution < 1.29 is 14.4 Å². The molecule has 4 heterocycles. The molecule has 0 unspecified atom stereocenters. The van der Waals surface area contributed by atoms with E-state index >= 15 is 0 Å². The number of likely N-dealkylation sites (tertiary alicyclic amines) is 1. The molecule has 3 aromatic heterocycles. The summed E-state index contributed by atoms with van der Waals surface area (Å²) in [5.41, 5.74) is 0. The number of quaternary nitrogens is 1. The van der Waals surface area contributed by atoms with Crippen LogP contribution in [0.1, 0.15) is 49.7 Å². The first kappa shape index (κ1) is 16.6. The number of hydrogen-bond acceptors (Lipinski definition) is 5. The summed E-state index contributed by atoms with van der Waals surface area (Å²) in [6.45, 7) is 8.78. The Balaban J connectivity index is 1.78. The molecule has 134 valence electrons. The topological polar surface area (TPSA) is 68.0 Å². The molecular formula is C18H25N4O2S+. The summed E-state index contributed by atoms with van der Waals surface area (Å²) in [4.78, 5) is 7.60. The van der Waals surface area contributed by atoms with E-state index in [1.807, 2.05) is 19.1 Å². The van der Waals surface area contributed by atoms with Gasteiger partial charge in [-0.1, -0.05) is 32.1 Å². The zero-order chi connectivity index (χ0) is 17.6. The summed E-state index contributed by atoms with van der Waals surface area (Å²) in [5, 5.41) is 15.3. The van der Waals surface area contributed by atoms with E-state index in [-0.39, 0.29) is 11.9 Å². The SMILES string of the molecule is CCc1nc2sc([C@@H](c3ccco3)[NH+]3C[C@@H](C)C[C@H](C)C3)c(O)n2n1. The van der Waals surface area contributed by atoms with Gasteiger partial charge in [-0.25, -0.2) is 4.98 Å². The second-order valence-electron chi connectivity index (χ2n) is 7.33. The molecule has 3 atom stereocenters. The molecule has 0 bridgehead atoms. The quantitative estimate of drug-likeness (QED) is 0.748. The summed E-state index contributed by atoms with van der Waals surface area (Å²) < 4.78 is 7.35. The van der Waals surface area contributed by atoms with Gasteiger partial charge in [-0.05, 0) is 18.6 Å². The first-order chi connectivity index (χ1) is 12.1. The number of thiazole rings is 1. The fourth-order valence-electron chi connectivity index (χ4n) is 4.17. The van der Waals surface area contributed by atoms with Crippen LogP contribution in [0.4, 0.5) is 0 Å². The molecule has 1 fully saturated rings. The summed E-state index contributed by atoms with van der Waals surface area (Å²) in [7, 11) is 0. The third kappa shape index (κ3) is 2.95. The van der Waals surface area contributed by atoms with Crippen LogP contribution in [0.25, 0.3) is 4.96 Å². The van der Waals surface area contributed by atoms with Crippen LogP contribution in [0.5, 0.6) is 5.88 Å². The third-order valence-electron chi connectivity index (χ3n) is 5.08. The van der Waals surface area contributed by atoms with Gasteiger partial charge in [0.15, 0.2) is 17.6 Å². The molecule has 0 aliphatic carbocycles. The lowest BCUT2D eigenvalue weighted by Gasteiger charge is -2.35. The van der Waals surface area contributed by atoms with Crippen molar-refractivity contribution in [2.45, 2.75) is 39.7 Å². The van der Waals surface area contributed by atoms with Crippen LogP contribution >= 0.6 is 11.3 Å². The number of aryl methyl sites for hydroxylation is 1. The molecule has 1 aliphatic heterocycles. The van der Waals surface area contributed by atoms with Gasteiger partial charge in [-0.3, -0.25) is 0 Å². The van der Waals surface area contributed by atoms with E-state index in [1.165, 1.54) is 22.7 Å². The first-order valence-corrected chi connectivity index (χ1v) is 9.83. The van der Waals surface area contributed by atoms with E-state index in [0.717, 1.165) is 40.9 Å². The summed E-state index contributed by atoms with van der Waals surface area (Å²) in [5.74, 6) is 3.17. The van der Waals surface area contributed by atoms with E-state index < -0.39 is 0 Å². The minimum absolute atomic E-state index is 0.0150. The number of nitrogens with zero attached hydrogens (tertiary/aromatic N) is 3. The Bertz CT molecular complexity index is 844. The average molecular weight is 361 g/mol. The number of nitrogens with one attached hydrogen (secondary N) is 1. The first-order valence-electron chi connectivity index (χ1n) is 9.02. The minimum atomic E-state index is -0.0150. The highest BCUT2D eigenvalue weighted by atomic mass is 32.1. The fraction of sp³-hybridized carbons (Fsp3) is 0.556. The van der Waals surface area contributed by atoms with Crippen LogP contribution in [-0.4, -0.2) is 32.8 Å². The summed E-state index contributed by atoms with van der Waals surface area (Å²) in [6, 6.07) is 3.91. The number of piperidine rings is 1. The second kappa shape index (κ2) is 6.46. The predicted octanol–water partition coefficient (Wildman–Crippen LogP) is 2.30. The fourth-order valence-corrected chi connectivity index (χ4v) is 5.31. The van der Waals surface area contributed by atoms with Gasteiger partial charge in [0.25, 0.3) is 0 Å². The van der Waals surface area contributed by atoms with Gasteiger partial charge in [-0.15, -0.1) is 5.10 Å². The van der Waals surface area contributed by atoms with E-state index in [4.69, 9.17) is 4.42 Å². The van der Waals surface area contributed by atoms with E-state index in [2.05, 4.69) is 23.9 Å². The third-order valence-corrected chi connectivity index (χ3v) is 6.17. The zero-order valence-electron chi connectivity index (χ0n) is 14.9. The number of aromatic nitrogens is 3. The Morgan fingerprint density at radius 1 is 1.40 bits per heavy atom. The van der Waals surface area contributed by atoms with Crippen LogP contribution in [-0.2, 0) is 6.42 Å². The van der Waals surface area contributed by atoms with E-state index in [1.54, 1.807) is 10.8 Å². The smallest absolute Gasteiger partial charge is 0.235 e. The van der Waals surface area contributed by atoms with Crippen LogP contribution in [0.15, 0.2) is 22.8 Å². The van der Waals surface area contributed by atoms with Crippen molar-refractivity contribution in [3.05, 3.63) is 34.9 Å². The van der Waals surface area contributed by atoms with Crippen LogP contribution in [0, 0.1) is 11.8 Å². The molecule has 25 heavy (non-hydrogen) atoms.